The normalized spacial score (nSPS) is 15.4. The molecule has 20 heavy (non-hydrogen) atoms. The van der Waals surface area contributed by atoms with Crippen LogP contribution in [0.5, 0.6) is 0 Å². The zero-order valence-electron chi connectivity index (χ0n) is 10.8. The lowest BCUT2D eigenvalue weighted by molar-refractivity contribution is 0.0945. The number of hydrogen-bond donors (Lipinski definition) is 2. The quantitative estimate of drug-likeness (QED) is 0.879. The Bertz CT molecular complexity index is 669. The molecule has 0 saturated carbocycles. The fourth-order valence-electron chi connectivity index (χ4n) is 2.47. The van der Waals surface area contributed by atoms with Crippen LogP contribution in [0.25, 0.3) is 0 Å². The van der Waals surface area contributed by atoms with Crippen LogP contribution < -0.4 is 5.32 Å². The number of halogens is 1. The highest BCUT2D eigenvalue weighted by Gasteiger charge is 2.19. The lowest BCUT2D eigenvalue weighted by Gasteiger charge is -2.19. The third kappa shape index (κ3) is 2.30. The molecule has 4 heteroatoms. The summed E-state index contributed by atoms with van der Waals surface area (Å²) in [6.07, 6.45) is -0.150. The van der Waals surface area contributed by atoms with E-state index in [1.54, 1.807) is 24.3 Å². The molecule has 1 atom stereocenters. The number of amides is 1. The summed E-state index contributed by atoms with van der Waals surface area (Å²) in [6.45, 7) is 0.637. The Labute approximate surface area is 116 Å². The van der Waals surface area contributed by atoms with Gasteiger partial charge in [-0.05, 0) is 41.3 Å². The third-order valence-electron chi connectivity index (χ3n) is 3.54. The maximum absolute atomic E-state index is 13.2. The van der Waals surface area contributed by atoms with E-state index >= 15 is 0 Å². The van der Waals surface area contributed by atoms with Crippen molar-refractivity contribution in [3.05, 3.63) is 70.5 Å². The number of aliphatic hydroxyl groups excluding tert-OH is 1. The van der Waals surface area contributed by atoms with Gasteiger partial charge in [0.25, 0.3) is 5.91 Å². The summed E-state index contributed by atoms with van der Waals surface area (Å²) in [4.78, 5) is 11.8. The van der Waals surface area contributed by atoms with Crippen LogP contribution in [-0.4, -0.2) is 17.6 Å². The number of benzene rings is 2. The van der Waals surface area contributed by atoms with Crippen molar-refractivity contribution in [2.45, 2.75) is 12.5 Å². The van der Waals surface area contributed by atoms with Crippen molar-refractivity contribution in [3.8, 4) is 0 Å². The summed E-state index contributed by atoms with van der Waals surface area (Å²) in [6, 6.07) is 11.2. The van der Waals surface area contributed by atoms with Gasteiger partial charge in [0.1, 0.15) is 11.9 Å². The van der Waals surface area contributed by atoms with Crippen LogP contribution in [0.2, 0.25) is 0 Å². The summed E-state index contributed by atoms with van der Waals surface area (Å²) >= 11 is 0. The predicted octanol–water partition coefficient (Wildman–Crippen LogP) is 2.19. The Morgan fingerprint density at radius 3 is 2.75 bits per heavy atom. The Morgan fingerprint density at radius 1 is 1.15 bits per heavy atom. The average Bonchev–Trinajstić information content (AvgIpc) is 2.47. The molecule has 1 amide bonds. The standard InChI is InChI=1S/C16H14FNO2/c17-13-3-1-2-11(8-13)15(19)12-5-4-10-6-7-18-16(20)14(10)9-12/h1-5,8-9,15,19H,6-7H2,(H,18,20). The average molecular weight is 271 g/mol. The van der Waals surface area contributed by atoms with Gasteiger partial charge in [0.15, 0.2) is 0 Å². The second-order valence-electron chi connectivity index (χ2n) is 4.88. The molecule has 0 aliphatic carbocycles. The van der Waals surface area contributed by atoms with Crippen LogP contribution >= 0.6 is 0 Å². The second kappa shape index (κ2) is 5.06. The molecule has 0 aromatic heterocycles. The highest BCUT2D eigenvalue weighted by atomic mass is 19.1. The van der Waals surface area contributed by atoms with Crippen molar-refractivity contribution >= 4 is 5.91 Å². The van der Waals surface area contributed by atoms with Crippen LogP contribution in [0.1, 0.15) is 33.2 Å². The monoisotopic (exact) mass is 271 g/mol. The lowest BCUT2D eigenvalue weighted by atomic mass is 9.94. The summed E-state index contributed by atoms with van der Waals surface area (Å²) < 4.78 is 13.2. The largest absolute Gasteiger partial charge is 0.384 e. The second-order valence-corrected chi connectivity index (χ2v) is 4.88. The summed E-state index contributed by atoms with van der Waals surface area (Å²) in [5.41, 5.74) is 2.63. The Kier molecular flexibility index (Phi) is 3.24. The maximum atomic E-state index is 13.2. The van der Waals surface area contributed by atoms with E-state index in [2.05, 4.69) is 5.32 Å². The lowest BCUT2D eigenvalue weighted by Crippen LogP contribution is -2.31. The first kappa shape index (κ1) is 12.8. The first-order valence-electron chi connectivity index (χ1n) is 6.50. The molecular formula is C16H14FNO2. The van der Waals surface area contributed by atoms with Crippen molar-refractivity contribution in [1.82, 2.24) is 5.32 Å². The number of carbonyl (C=O) groups excluding carboxylic acids is 1. The third-order valence-corrected chi connectivity index (χ3v) is 3.54. The van der Waals surface area contributed by atoms with Gasteiger partial charge in [0, 0.05) is 12.1 Å². The molecule has 0 saturated heterocycles. The van der Waals surface area contributed by atoms with Crippen LogP contribution in [-0.2, 0) is 6.42 Å². The minimum absolute atomic E-state index is 0.125. The first-order chi connectivity index (χ1) is 9.65. The van der Waals surface area contributed by atoms with E-state index in [0.29, 0.717) is 23.2 Å². The summed E-state index contributed by atoms with van der Waals surface area (Å²) in [7, 11) is 0. The molecule has 1 aliphatic heterocycles. The fourth-order valence-corrected chi connectivity index (χ4v) is 2.47. The first-order valence-corrected chi connectivity index (χ1v) is 6.50. The number of hydrogen-bond acceptors (Lipinski definition) is 2. The molecule has 0 fully saturated rings. The molecular weight excluding hydrogens is 257 g/mol. The fraction of sp³-hybridized carbons (Fsp3) is 0.188. The number of rotatable bonds is 2. The van der Waals surface area contributed by atoms with E-state index in [1.165, 1.54) is 12.1 Å². The molecule has 3 nitrogen and oxygen atoms in total. The zero-order valence-corrected chi connectivity index (χ0v) is 10.8. The van der Waals surface area contributed by atoms with E-state index in [1.807, 2.05) is 6.07 Å². The van der Waals surface area contributed by atoms with Gasteiger partial charge < -0.3 is 10.4 Å². The number of nitrogens with one attached hydrogen (secondary N) is 1. The molecule has 2 aromatic carbocycles. The minimum Gasteiger partial charge on any atom is -0.384 e. The molecule has 3 rings (SSSR count). The van der Waals surface area contributed by atoms with E-state index in [4.69, 9.17) is 0 Å². The van der Waals surface area contributed by atoms with E-state index in [0.717, 1.165) is 12.0 Å². The van der Waals surface area contributed by atoms with Crippen LogP contribution in [0.3, 0.4) is 0 Å². The van der Waals surface area contributed by atoms with E-state index in [-0.39, 0.29) is 5.91 Å². The molecule has 1 aliphatic rings. The topological polar surface area (TPSA) is 49.3 Å². The van der Waals surface area contributed by atoms with Crippen molar-refractivity contribution < 1.29 is 14.3 Å². The van der Waals surface area contributed by atoms with Crippen LogP contribution in [0.15, 0.2) is 42.5 Å². The van der Waals surface area contributed by atoms with Crippen molar-refractivity contribution in [1.29, 1.82) is 0 Å². The van der Waals surface area contributed by atoms with Crippen molar-refractivity contribution in [2.24, 2.45) is 0 Å². The van der Waals surface area contributed by atoms with Gasteiger partial charge in [-0.15, -0.1) is 0 Å². The molecule has 0 spiro atoms. The molecule has 0 radical (unpaired) electrons. The molecule has 1 heterocycles. The molecule has 102 valence electrons. The Morgan fingerprint density at radius 2 is 1.95 bits per heavy atom. The number of carbonyl (C=O) groups is 1. The highest BCUT2D eigenvalue weighted by molar-refractivity contribution is 5.96. The number of aliphatic hydroxyl groups is 1. The SMILES string of the molecule is O=C1NCCc2ccc(C(O)c3cccc(F)c3)cc21. The van der Waals surface area contributed by atoms with Gasteiger partial charge in [-0.2, -0.15) is 0 Å². The van der Waals surface area contributed by atoms with E-state index < -0.39 is 11.9 Å². The summed E-state index contributed by atoms with van der Waals surface area (Å²) in [5.74, 6) is -0.517. The molecule has 2 aromatic rings. The van der Waals surface area contributed by atoms with Gasteiger partial charge in [-0.25, -0.2) is 4.39 Å². The van der Waals surface area contributed by atoms with Crippen molar-refractivity contribution in [2.75, 3.05) is 6.54 Å². The molecule has 0 bridgehead atoms. The Balaban J connectivity index is 1.98. The van der Waals surface area contributed by atoms with Gasteiger partial charge in [0.05, 0.1) is 0 Å². The van der Waals surface area contributed by atoms with Crippen LogP contribution in [0.4, 0.5) is 4.39 Å². The maximum Gasteiger partial charge on any atom is 0.251 e. The van der Waals surface area contributed by atoms with Crippen molar-refractivity contribution in [3.63, 3.8) is 0 Å². The minimum atomic E-state index is -0.939. The van der Waals surface area contributed by atoms with Gasteiger partial charge >= 0.3 is 0 Å². The molecule has 2 N–H and O–H groups in total. The van der Waals surface area contributed by atoms with E-state index in [9.17, 15) is 14.3 Å². The van der Waals surface area contributed by atoms with Gasteiger partial charge in [0.2, 0.25) is 0 Å². The predicted molar refractivity (Wildman–Crippen MR) is 72.9 cm³/mol. The zero-order chi connectivity index (χ0) is 14.1. The summed E-state index contributed by atoms with van der Waals surface area (Å²) in [5, 5.41) is 13.1. The Hall–Kier alpha value is -2.20. The van der Waals surface area contributed by atoms with Gasteiger partial charge in [-0.3, -0.25) is 4.79 Å². The number of fused-ring (bicyclic) bond motifs is 1. The molecule has 1 unspecified atom stereocenters. The highest BCUT2D eigenvalue weighted by Crippen LogP contribution is 2.25. The van der Waals surface area contributed by atoms with Crippen LogP contribution in [0, 0.1) is 5.82 Å². The smallest absolute Gasteiger partial charge is 0.251 e. The van der Waals surface area contributed by atoms with Gasteiger partial charge in [-0.1, -0.05) is 24.3 Å².